The summed E-state index contributed by atoms with van der Waals surface area (Å²) in [5.74, 6) is -1.01. The Kier molecular flexibility index (Phi) is 4.36. The van der Waals surface area contributed by atoms with Crippen molar-refractivity contribution in [2.45, 2.75) is 6.92 Å². The van der Waals surface area contributed by atoms with Crippen molar-refractivity contribution in [3.05, 3.63) is 11.8 Å². The van der Waals surface area contributed by atoms with Gasteiger partial charge in [-0.3, -0.25) is 4.79 Å². The topological polar surface area (TPSA) is 81.8 Å². The number of hydrogen-bond acceptors (Lipinski definition) is 4. The first-order chi connectivity index (χ1) is 5.57. The van der Waals surface area contributed by atoms with Gasteiger partial charge in [0.15, 0.2) is 0 Å². The van der Waals surface area contributed by atoms with Crippen LogP contribution in [0, 0.1) is 0 Å². The molecule has 0 fully saturated rings. The van der Waals surface area contributed by atoms with Crippen molar-refractivity contribution in [3.8, 4) is 0 Å². The van der Waals surface area contributed by atoms with Crippen molar-refractivity contribution in [2.75, 3.05) is 7.11 Å². The fourth-order valence-electron chi connectivity index (χ4n) is 0.408. The number of nitrogens with zero attached hydrogens (tertiary/aromatic N) is 1. The quantitative estimate of drug-likeness (QED) is 0.348. The Morgan fingerprint density at radius 1 is 1.50 bits per heavy atom. The molecule has 0 heterocycles. The average molecular weight is 170 g/mol. The van der Waals surface area contributed by atoms with Crippen LogP contribution in [0.15, 0.2) is 16.8 Å². The highest BCUT2D eigenvalue weighted by molar-refractivity contribution is 5.95. The Bertz CT molecular complexity index is 243. The Morgan fingerprint density at radius 2 is 2.08 bits per heavy atom. The van der Waals surface area contributed by atoms with Crippen LogP contribution in [0.1, 0.15) is 6.92 Å². The van der Waals surface area contributed by atoms with E-state index in [0.717, 1.165) is 6.21 Å². The summed E-state index contributed by atoms with van der Waals surface area (Å²) in [6.45, 7) is 1.29. The van der Waals surface area contributed by atoms with Crippen LogP contribution in [0.3, 0.4) is 0 Å². The number of allylic oxidation sites excluding steroid dienone is 1. The number of amides is 1. The zero-order valence-corrected chi connectivity index (χ0v) is 6.90. The molecule has 0 aromatic heterocycles. The van der Waals surface area contributed by atoms with Crippen LogP contribution >= 0.6 is 0 Å². The van der Waals surface area contributed by atoms with E-state index in [2.05, 4.69) is 9.73 Å². The SMILES string of the molecule is COC(=O)C(N)=CC=NC(C)=O. The summed E-state index contributed by atoms with van der Waals surface area (Å²) in [6.07, 6.45) is 2.35. The lowest BCUT2D eigenvalue weighted by molar-refractivity contribution is -0.136. The molecule has 1 amide bonds. The predicted molar refractivity (Wildman–Crippen MR) is 43.5 cm³/mol. The highest BCUT2D eigenvalue weighted by Gasteiger charge is 2.00. The van der Waals surface area contributed by atoms with Gasteiger partial charge in [-0.05, 0) is 6.08 Å². The first kappa shape index (κ1) is 10.3. The van der Waals surface area contributed by atoms with Crippen molar-refractivity contribution in [1.29, 1.82) is 0 Å². The second-order valence-corrected chi connectivity index (χ2v) is 1.91. The van der Waals surface area contributed by atoms with E-state index < -0.39 is 5.97 Å². The van der Waals surface area contributed by atoms with Crippen LogP contribution in [0.4, 0.5) is 0 Å². The highest BCUT2D eigenvalue weighted by atomic mass is 16.5. The third-order valence-electron chi connectivity index (χ3n) is 0.932. The van der Waals surface area contributed by atoms with E-state index in [1.165, 1.54) is 20.1 Å². The minimum Gasteiger partial charge on any atom is -0.464 e. The van der Waals surface area contributed by atoms with Gasteiger partial charge in [-0.1, -0.05) is 0 Å². The van der Waals surface area contributed by atoms with Gasteiger partial charge in [-0.2, -0.15) is 0 Å². The molecular formula is C7H10N2O3. The third-order valence-corrected chi connectivity index (χ3v) is 0.932. The molecule has 5 heteroatoms. The van der Waals surface area contributed by atoms with Crippen molar-refractivity contribution in [1.82, 2.24) is 0 Å². The fourth-order valence-corrected chi connectivity index (χ4v) is 0.408. The van der Waals surface area contributed by atoms with Crippen LogP contribution in [0.25, 0.3) is 0 Å². The van der Waals surface area contributed by atoms with E-state index in [1.54, 1.807) is 0 Å². The van der Waals surface area contributed by atoms with Gasteiger partial charge in [0, 0.05) is 13.1 Å². The largest absolute Gasteiger partial charge is 0.464 e. The first-order valence-corrected chi connectivity index (χ1v) is 3.16. The van der Waals surface area contributed by atoms with E-state index in [-0.39, 0.29) is 11.6 Å². The molecule has 0 rings (SSSR count). The molecule has 0 saturated carbocycles. The number of methoxy groups -OCH3 is 1. The molecule has 12 heavy (non-hydrogen) atoms. The first-order valence-electron chi connectivity index (χ1n) is 3.16. The van der Waals surface area contributed by atoms with Crippen molar-refractivity contribution in [2.24, 2.45) is 10.7 Å². The minimum absolute atomic E-state index is 0.0949. The number of aliphatic imine (C=N–C) groups is 1. The molecule has 2 N–H and O–H groups in total. The lowest BCUT2D eigenvalue weighted by Gasteiger charge is -1.94. The van der Waals surface area contributed by atoms with Gasteiger partial charge in [-0.15, -0.1) is 0 Å². The molecule has 0 bridgehead atoms. The maximum atomic E-state index is 10.6. The number of rotatable bonds is 2. The normalized spacial score (nSPS) is 11.7. The summed E-state index contributed by atoms with van der Waals surface area (Å²) in [7, 11) is 1.21. The molecule has 0 aliphatic rings. The summed E-state index contributed by atoms with van der Waals surface area (Å²) in [5, 5.41) is 0. The van der Waals surface area contributed by atoms with Crippen LogP contribution in [-0.4, -0.2) is 25.2 Å². The lowest BCUT2D eigenvalue weighted by Crippen LogP contribution is -2.12. The van der Waals surface area contributed by atoms with E-state index >= 15 is 0 Å². The zero-order chi connectivity index (χ0) is 9.56. The van der Waals surface area contributed by atoms with E-state index in [4.69, 9.17) is 5.73 Å². The Balaban J connectivity index is 4.18. The third kappa shape index (κ3) is 4.21. The number of ether oxygens (including phenoxy) is 1. The van der Waals surface area contributed by atoms with Gasteiger partial charge in [0.25, 0.3) is 0 Å². The number of esters is 1. The van der Waals surface area contributed by atoms with Gasteiger partial charge >= 0.3 is 5.97 Å². The summed E-state index contributed by atoms with van der Waals surface area (Å²) in [4.78, 5) is 24.3. The van der Waals surface area contributed by atoms with Gasteiger partial charge in [0.2, 0.25) is 5.91 Å². The minimum atomic E-state index is -0.648. The Morgan fingerprint density at radius 3 is 2.50 bits per heavy atom. The monoisotopic (exact) mass is 170 g/mol. The average Bonchev–Trinajstić information content (AvgIpc) is 2.02. The number of carbonyl (C=O) groups excluding carboxylic acids is 2. The summed E-state index contributed by atoms with van der Waals surface area (Å²) >= 11 is 0. The number of nitrogens with two attached hydrogens (primary N) is 1. The van der Waals surface area contributed by atoms with Gasteiger partial charge in [0.1, 0.15) is 5.70 Å². The molecule has 0 atom stereocenters. The summed E-state index contributed by atoms with van der Waals surface area (Å²) in [6, 6.07) is 0. The summed E-state index contributed by atoms with van der Waals surface area (Å²) < 4.78 is 4.29. The maximum Gasteiger partial charge on any atom is 0.353 e. The second kappa shape index (κ2) is 5.06. The highest BCUT2D eigenvalue weighted by Crippen LogP contribution is 1.85. The lowest BCUT2D eigenvalue weighted by atomic mass is 10.4. The Labute approximate surface area is 69.9 Å². The van der Waals surface area contributed by atoms with Crippen LogP contribution < -0.4 is 5.73 Å². The molecule has 0 spiro atoms. The van der Waals surface area contributed by atoms with Gasteiger partial charge in [-0.25, -0.2) is 9.79 Å². The van der Waals surface area contributed by atoms with Gasteiger partial charge in [0.05, 0.1) is 7.11 Å². The molecule has 0 unspecified atom stereocenters. The molecule has 5 nitrogen and oxygen atoms in total. The molecule has 0 radical (unpaired) electrons. The molecule has 0 aromatic rings. The van der Waals surface area contributed by atoms with Crippen molar-refractivity contribution in [3.63, 3.8) is 0 Å². The number of hydrogen-bond donors (Lipinski definition) is 1. The van der Waals surface area contributed by atoms with Crippen LogP contribution in [0.2, 0.25) is 0 Å². The molecule has 0 aliphatic heterocycles. The standard InChI is InChI=1S/C7H10N2O3/c1-5(10)9-4-3-6(8)7(11)12-2/h3-4H,8H2,1-2H3. The smallest absolute Gasteiger partial charge is 0.353 e. The molecule has 66 valence electrons. The zero-order valence-electron chi connectivity index (χ0n) is 6.90. The van der Waals surface area contributed by atoms with E-state index in [1.807, 2.05) is 0 Å². The maximum absolute atomic E-state index is 10.6. The van der Waals surface area contributed by atoms with Crippen LogP contribution in [0.5, 0.6) is 0 Å². The van der Waals surface area contributed by atoms with Crippen molar-refractivity contribution >= 4 is 18.1 Å². The number of carbonyl (C=O) groups is 2. The fraction of sp³-hybridized carbons (Fsp3) is 0.286. The van der Waals surface area contributed by atoms with Gasteiger partial charge < -0.3 is 10.5 Å². The Hall–Kier alpha value is -1.65. The molecule has 0 aromatic carbocycles. The summed E-state index contributed by atoms with van der Waals surface area (Å²) in [5.41, 5.74) is 5.10. The van der Waals surface area contributed by atoms with E-state index in [9.17, 15) is 9.59 Å². The predicted octanol–water partition coefficient (Wildman–Crippen LogP) is -0.381. The van der Waals surface area contributed by atoms with E-state index in [0.29, 0.717) is 0 Å². The molecule has 0 aliphatic carbocycles. The molecular weight excluding hydrogens is 160 g/mol. The molecule has 0 saturated heterocycles. The van der Waals surface area contributed by atoms with Crippen molar-refractivity contribution < 1.29 is 14.3 Å². The van der Waals surface area contributed by atoms with Crippen LogP contribution in [-0.2, 0) is 14.3 Å². The second-order valence-electron chi connectivity index (χ2n) is 1.91.